The van der Waals surface area contributed by atoms with Gasteiger partial charge in [-0.3, -0.25) is 14.9 Å². The van der Waals surface area contributed by atoms with Crippen LogP contribution in [0.25, 0.3) is 0 Å². The van der Waals surface area contributed by atoms with Gasteiger partial charge in [0.1, 0.15) is 5.56 Å². The Hall–Kier alpha value is -1.76. The zero-order valence-corrected chi connectivity index (χ0v) is 12.3. The minimum Gasteiger partial charge on any atom is -0.388 e. The van der Waals surface area contributed by atoms with E-state index in [9.17, 15) is 14.9 Å². The molecule has 7 heteroatoms. The summed E-state index contributed by atoms with van der Waals surface area (Å²) in [5.41, 5.74) is 0.681. The number of benzene rings is 1. The molecular formula is C13H17N3O3S. The van der Waals surface area contributed by atoms with Gasteiger partial charge >= 0.3 is 0 Å². The van der Waals surface area contributed by atoms with Crippen LogP contribution in [0.4, 0.5) is 11.4 Å². The van der Waals surface area contributed by atoms with Crippen molar-refractivity contribution in [3.05, 3.63) is 33.9 Å². The lowest BCUT2D eigenvalue weighted by Crippen LogP contribution is -2.37. The largest absolute Gasteiger partial charge is 0.388 e. The molecule has 1 saturated heterocycles. The lowest BCUT2D eigenvalue weighted by atomic mass is 10.1. The van der Waals surface area contributed by atoms with E-state index >= 15 is 0 Å². The van der Waals surface area contributed by atoms with Crippen LogP contribution in [0.15, 0.2) is 18.2 Å². The SMILES string of the molecule is CNc1ccc([N+](=O)[O-])c(C(=O)N(C)C2CCSC2)c1. The van der Waals surface area contributed by atoms with Gasteiger partial charge in [0.05, 0.1) is 4.92 Å². The van der Waals surface area contributed by atoms with E-state index in [1.807, 2.05) is 0 Å². The minimum atomic E-state index is -0.510. The van der Waals surface area contributed by atoms with Gasteiger partial charge in [-0.15, -0.1) is 0 Å². The van der Waals surface area contributed by atoms with Crippen molar-refractivity contribution < 1.29 is 9.72 Å². The van der Waals surface area contributed by atoms with Gasteiger partial charge in [-0.1, -0.05) is 0 Å². The van der Waals surface area contributed by atoms with Crippen molar-refractivity contribution in [2.45, 2.75) is 12.5 Å². The lowest BCUT2D eigenvalue weighted by molar-refractivity contribution is -0.385. The van der Waals surface area contributed by atoms with Crippen molar-refractivity contribution >= 4 is 29.0 Å². The summed E-state index contributed by atoms with van der Waals surface area (Å²) in [7, 11) is 3.43. The normalized spacial score (nSPS) is 17.8. The van der Waals surface area contributed by atoms with Gasteiger partial charge in [-0.2, -0.15) is 11.8 Å². The third-order valence-corrected chi connectivity index (χ3v) is 4.63. The second-order valence-electron chi connectivity index (χ2n) is 4.67. The number of hydrogen-bond acceptors (Lipinski definition) is 5. The highest BCUT2D eigenvalue weighted by atomic mass is 32.2. The molecule has 1 aromatic rings. The fourth-order valence-corrected chi connectivity index (χ4v) is 3.47. The zero-order valence-electron chi connectivity index (χ0n) is 11.5. The van der Waals surface area contributed by atoms with E-state index in [0.717, 1.165) is 17.9 Å². The van der Waals surface area contributed by atoms with Crippen molar-refractivity contribution in [2.75, 3.05) is 30.9 Å². The highest BCUT2D eigenvalue weighted by Gasteiger charge is 2.29. The molecule has 1 atom stereocenters. The van der Waals surface area contributed by atoms with Gasteiger partial charge in [0.15, 0.2) is 0 Å². The average Bonchev–Trinajstić information content (AvgIpc) is 2.99. The Kier molecular flexibility index (Phi) is 4.49. The van der Waals surface area contributed by atoms with Crippen LogP contribution >= 0.6 is 11.8 Å². The molecule has 1 N–H and O–H groups in total. The van der Waals surface area contributed by atoms with E-state index in [4.69, 9.17) is 0 Å². The van der Waals surface area contributed by atoms with Crippen molar-refractivity contribution in [1.82, 2.24) is 4.90 Å². The molecule has 1 amide bonds. The first-order valence-electron chi connectivity index (χ1n) is 6.35. The first-order chi connectivity index (χ1) is 9.54. The Balaban J connectivity index is 2.33. The molecule has 1 unspecified atom stereocenters. The molecular weight excluding hydrogens is 278 g/mol. The van der Waals surface area contributed by atoms with Crippen LogP contribution in [-0.2, 0) is 0 Å². The average molecular weight is 295 g/mol. The summed E-state index contributed by atoms with van der Waals surface area (Å²) < 4.78 is 0. The number of nitrogens with zero attached hydrogens (tertiary/aromatic N) is 2. The molecule has 0 radical (unpaired) electrons. The molecule has 2 rings (SSSR count). The third kappa shape index (κ3) is 2.87. The number of nitro groups is 1. The molecule has 1 heterocycles. The van der Waals surface area contributed by atoms with E-state index in [1.165, 1.54) is 6.07 Å². The monoisotopic (exact) mass is 295 g/mol. The highest BCUT2D eigenvalue weighted by molar-refractivity contribution is 7.99. The van der Waals surface area contributed by atoms with E-state index < -0.39 is 4.92 Å². The van der Waals surface area contributed by atoms with Crippen molar-refractivity contribution in [2.24, 2.45) is 0 Å². The molecule has 1 fully saturated rings. The number of rotatable bonds is 4. The molecule has 20 heavy (non-hydrogen) atoms. The van der Waals surface area contributed by atoms with E-state index in [2.05, 4.69) is 5.32 Å². The van der Waals surface area contributed by atoms with Crippen LogP contribution in [-0.4, -0.2) is 47.4 Å². The van der Waals surface area contributed by atoms with Crippen molar-refractivity contribution in [3.8, 4) is 0 Å². The Morgan fingerprint density at radius 1 is 1.55 bits per heavy atom. The second-order valence-corrected chi connectivity index (χ2v) is 5.82. The number of thioether (sulfide) groups is 1. The van der Waals surface area contributed by atoms with Crippen molar-refractivity contribution in [3.63, 3.8) is 0 Å². The summed E-state index contributed by atoms with van der Waals surface area (Å²) in [6.45, 7) is 0. The number of nitro benzene ring substituents is 1. The Morgan fingerprint density at radius 3 is 2.85 bits per heavy atom. The van der Waals surface area contributed by atoms with Gasteiger partial charge < -0.3 is 10.2 Å². The standard InChI is InChI=1S/C13H17N3O3S/c1-14-9-3-4-12(16(18)19)11(7-9)13(17)15(2)10-5-6-20-8-10/h3-4,7,10,14H,5-6,8H2,1-2H3. The van der Waals surface area contributed by atoms with Crippen LogP contribution in [0.1, 0.15) is 16.8 Å². The molecule has 108 valence electrons. The molecule has 0 spiro atoms. The van der Waals surface area contributed by atoms with E-state index in [-0.39, 0.29) is 23.2 Å². The van der Waals surface area contributed by atoms with Gasteiger partial charge in [0, 0.05) is 37.6 Å². The maximum Gasteiger partial charge on any atom is 0.282 e. The number of amides is 1. The molecule has 1 aliphatic rings. The van der Waals surface area contributed by atoms with Crippen LogP contribution < -0.4 is 5.32 Å². The molecule has 0 aliphatic carbocycles. The van der Waals surface area contributed by atoms with E-state index in [0.29, 0.717) is 5.69 Å². The molecule has 0 bridgehead atoms. The minimum absolute atomic E-state index is 0.140. The van der Waals surface area contributed by atoms with Gasteiger partial charge in [0.2, 0.25) is 0 Å². The van der Waals surface area contributed by atoms with Crippen LogP contribution in [0.2, 0.25) is 0 Å². The maximum absolute atomic E-state index is 12.5. The van der Waals surface area contributed by atoms with E-state index in [1.54, 1.807) is 42.9 Å². The number of carbonyl (C=O) groups is 1. The molecule has 1 aliphatic heterocycles. The maximum atomic E-state index is 12.5. The summed E-state index contributed by atoms with van der Waals surface area (Å²) in [5.74, 6) is 1.63. The Labute approximate surface area is 121 Å². The van der Waals surface area contributed by atoms with Gasteiger partial charge in [0.25, 0.3) is 11.6 Å². The molecule has 6 nitrogen and oxygen atoms in total. The topological polar surface area (TPSA) is 75.5 Å². The first-order valence-corrected chi connectivity index (χ1v) is 7.51. The number of hydrogen-bond donors (Lipinski definition) is 1. The summed E-state index contributed by atoms with van der Waals surface area (Å²) >= 11 is 1.80. The third-order valence-electron chi connectivity index (χ3n) is 3.49. The number of nitrogens with one attached hydrogen (secondary N) is 1. The summed E-state index contributed by atoms with van der Waals surface area (Å²) in [4.78, 5) is 24.7. The zero-order chi connectivity index (χ0) is 14.7. The molecule has 0 saturated carbocycles. The summed E-state index contributed by atoms with van der Waals surface area (Å²) in [6, 6.07) is 4.67. The predicted molar refractivity (Wildman–Crippen MR) is 80.5 cm³/mol. The molecule has 1 aromatic carbocycles. The highest BCUT2D eigenvalue weighted by Crippen LogP contribution is 2.27. The van der Waals surface area contributed by atoms with Crippen LogP contribution in [0.5, 0.6) is 0 Å². The quantitative estimate of drug-likeness (QED) is 0.681. The Morgan fingerprint density at radius 2 is 2.30 bits per heavy atom. The molecule has 0 aromatic heterocycles. The van der Waals surface area contributed by atoms with Crippen molar-refractivity contribution in [1.29, 1.82) is 0 Å². The van der Waals surface area contributed by atoms with Gasteiger partial charge in [-0.25, -0.2) is 0 Å². The lowest BCUT2D eigenvalue weighted by Gasteiger charge is -2.23. The van der Waals surface area contributed by atoms with Gasteiger partial charge in [-0.05, 0) is 24.3 Å². The van der Waals surface area contributed by atoms with Crippen LogP contribution in [0, 0.1) is 10.1 Å². The summed E-state index contributed by atoms with van der Waals surface area (Å²) in [5, 5.41) is 14.0. The number of anilines is 1. The Bertz CT molecular complexity index is 530. The van der Waals surface area contributed by atoms with Crippen LogP contribution in [0.3, 0.4) is 0 Å². The fraction of sp³-hybridized carbons (Fsp3) is 0.462. The first kappa shape index (κ1) is 14.6. The summed E-state index contributed by atoms with van der Waals surface area (Å²) in [6.07, 6.45) is 0.937. The predicted octanol–water partition coefficient (Wildman–Crippen LogP) is 2.21. The smallest absolute Gasteiger partial charge is 0.282 e. The number of carbonyl (C=O) groups excluding carboxylic acids is 1. The fourth-order valence-electron chi connectivity index (χ4n) is 2.21. The second kappa shape index (κ2) is 6.13.